The van der Waals surface area contributed by atoms with Crippen LogP contribution >= 0.6 is 23.2 Å². The molecule has 66 valence electrons. The van der Waals surface area contributed by atoms with Crippen LogP contribution in [0.5, 0.6) is 5.75 Å². The number of hydrogen-bond acceptors (Lipinski definition) is 2. The predicted molar refractivity (Wildman–Crippen MR) is 53.2 cm³/mol. The van der Waals surface area contributed by atoms with Crippen molar-refractivity contribution in [1.29, 1.82) is 0 Å². The van der Waals surface area contributed by atoms with Gasteiger partial charge in [0.25, 0.3) is 0 Å². The molecule has 0 bridgehead atoms. The summed E-state index contributed by atoms with van der Waals surface area (Å²) >= 11 is 12.6. The summed E-state index contributed by atoms with van der Waals surface area (Å²) in [6.45, 7) is 1.31. The van der Waals surface area contributed by atoms with Crippen molar-refractivity contribution in [3.8, 4) is 5.75 Å². The van der Waals surface area contributed by atoms with E-state index in [1.165, 1.54) is 6.92 Å². The molecule has 0 atom stereocenters. The van der Waals surface area contributed by atoms with E-state index < -0.39 is 5.97 Å². The van der Waals surface area contributed by atoms with E-state index >= 15 is 0 Å². The molecule has 0 spiro atoms. The molecule has 0 heterocycles. The topological polar surface area (TPSA) is 26.3 Å². The van der Waals surface area contributed by atoms with Gasteiger partial charge in [-0.1, -0.05) is 0 Å². The van der Waals surface area contributed by atoms with Gasteiger partial charge in [0, 0.05) is 0 Å². The Morgan fingerprint density at radius 2 is 2.08 bits per heavy atom. The number of ether oxygens (including phenoxy) is 1. The number of carbonyl (C=O) groups excluding carboxylic acids is 1. The summed E-state index contributed by atoms with van der Waals surface area (Å²) in [5.74, 6) is -0.157. The van der Waals surface area contributed by atoms with Crippen LogP contribution in [0.2, 0.25) is 10.0 Å². The van der Waals surface area contributed by atoms with Crippen molar-refractivity contribution in [2.75, 3.05) is 0 Å². The van der Waals surface area contributed by atoms with Crippen LogP contribution < -0.4 is 8.06 Å². The standard InChI is InChI=1S/C8H5Cl2O2.In/c1-5(11)12-8-6(9)3-2-4-7(8)10;/h2-3H,1H3;. The Hall–Kier alpha value is 0.140. The third kappa shape index (κ3) is 2.79. The second kappa shape index (κ2) is 4.58. The first-order chi connectivity index (χ1) is 6.02. The van der Waals surface area contributed by atoms with Gasteiger partial charge in [-0.15, -0.1) is 0 Å². The fourth-order valence-electron chi connectivity index (χ4n) is 0.785. The van der Waals surface area contributed by atoms with Crippen LogP contribution in [-0.4, -0.2) is 30.3 Å². The minimum absolute atomic E-state index is 0.265. The first-order valence-electron chi connectivity index (χ1n) is 3.44. The molecule has 13 heavy (non-hydrogen) atoms. The molecule has 2 nitrogen and oxygen atoms in total. The molecular weight excluding hydrogens is 314 g/mol. The van der Waals surface area contributed by atoms with Crippen LogP contribution in [-0.2, 0) is 4.79 Å². The molecule has 0 aliphatic carbocycles. The van der Waals surface area contributed by atoms with Crippen LogP contribution in [0.15, 0.2) is 12.1 Å². The van der Waals surface area contributed by atoms with E-state index in [0.29, 0.717) is 10.0 Å². The van der Waals surface area contributed by atoms with Gasteiger partial charge in [-0.25, -0.2) is 0 Å². The number of benzene rings is 1. The van der Waals surface area contributed by atoms with Crippen molar-refractivity contribution in [3.63, 3.8) is 0 Å². The monoisotopic (exact) mass is 318 g/mol. The van der Waals surface area contributed by atoms with Crippen LogP contribution in [0.3, 0.4) is 0 Å². The fourth-order valence-corrected chi connectivity index (χ4v) is 1.88. The van der Waals surface area contributed by atoms with Gasteiger partial charge in [0.05, 0.1) is 0 Å². The molecule has 0 unspecified atom stereocenters. The molecule has 1 aromatic carbocycles. The quantitative estimate of drug-likeness (QED) is 0.582. The van der Waals surface area contributed by atoms with E-state index in [-0.39, 0.29) is 5.75 Å². The molecule has 0 amide bonds. The first-order valence-corrected chi connectivity index (χ1v) is 5.84. The summed E-state index contributed by atoms with van der Waals surface area (Å²) in [4.78, 5) is 10.7. The normalized spacial score (nSPS) is 9.77. The summed E-state index contributed by atoms with van der Waals surface area (Å²) in [5, 5.41) is 0.795. The van der Waals surface area contributed by atoms with Crippen LogP contribution in [0.25, 0.3) is 0 Å². The second-order valence-electron chi connectivity index (χ2n) is 2.37. The zero-order valence-corrected chi connectivity index (χ0v) is 11.6. The predicted octanol–water partition coefficient (Wildman–Crippen LogP) is 1.71. The number of esters is 1. The van der Waals surface area contributed by atoms with E-state index in [2.05, 4.69) is 0 Å². The van der Waals surface area contributed by atoms with Crippen LogP contribution in [0.4, 0.5) is 0 Å². The summed E-state index contributed by atoms with van der Waals surface area (Å²) in [5.41, 5.74) is 0. The Bertz CT molecular complexity index is 352. The van der Waals surface area contributed by atoms with Gasteiger partial charge >= 0.3 is 101 Å². The molecule has 0 aliphatic heterocycles. The van der Waals surface area contributed by atoms with Gasteiger partial charge in [0.1, 0.15) is 0 Å². The van der Waals surface area contributed by atoms with Crippen molar-refractivity contribution in [3.05, 3.63) is 22.2 Å². The Labute approximate surface area is 101 Å². The molecule has 2 radical (unpaired) electrons. The number of hydrogen-bond donors (Lipinski definition) is 0. The molecule has 0 aliphatic rings. The molecule has 0 fully saturated rings. The van der Waals surface area contributed by atoms with Crippen LogP contribution in [0, 0.1) is 0 Å². The Morgan fingerprint density at radius 1 is 1.46 bits per heavy atom. The Morgan fingerprint density at radius 3 is 2.62 bits per heavy atom. The van der Waals surface area contributed by atoms with Gasteiger partial charge in [0.2, 0.25) is 0 Å². The Balaban J connectivity index is 3.17. The van der Waals surface area contributed by atoms with E-state index in [1.807, 2.05) is 6.07 Å². The fraction of sp³-hybridized carbons (Fsp3) is 0.125. The molecule has 0 saturated carbocycles. The molecule has 0 aromatic heterocycles. The zero-order chi connectivity index (χ0) is 10.0. The second-order valence-corrected chi connectivity index (χ2v) is 4.93. The van der Waals surface area contributed by atoms with Crippen molar-refractivity contribution < 1.29 is 9.53 Å². The van der Waals surface area contributed by atoms with Crippen molar-refractivity contribution >= 4 is 56.9 Å². The average molecular weight is 319 g/mol. The SMILES string of the molecule is CC(=O)Oc1c(Cl)cc[c]([In])c1Cl. The molecule has 0 N–H and O–H groups in total. The van der Waals surface area contributed by atoms with E-state index in [0.717, 1.165) is 27.7 Å². The molecule has 0 saturated heterocycles. The van der Waals surface area contributed by atoms with Crippen molar-refractivity contribution in [2.24, 2.45) is 0 Å². The van der Waals surface area contributed by atoms with Gasteiger partial charge in [0.15, 0.2) is 0 Å². The number of rotatable bonds is 1. The van der Waals surface area contributed by atoms with E-state index in [9.17, 15) is 4.79 Å². The molecular formula is C8H5Cl2InO2. The zero-order valence-electron chi connectivity index (χ0n) is 6.80. The van der Waals surface area contributed by atoms with Gasteiger partial charge < -0.3 is 0 Å². The maximum atomic E-state index is 10.7. The minimum atomic E-state index is -0.421. The summed E-state index contributed by atoms with van der Waals surface area (Å²) < 4.78 is 5.83. The van der Waals surface area contributed by atoms with Crippen molar-refractivity contribution in [1.82, 2.24) is 0 Å². The van der Waals surface area contributed by atoms with Crippen LogP contribution in [0.1, 0.15) is 6.92 Å². The Kier molecular flexibility index (Phi) is 3.95. The van der Waals surface area contributed by atoms with Gasteiger partial charge in [-0.05, 0) is 0 Å². The number of halogens is 2. The maximum absolute atomic E-state index is 10.7. The first kappa shape index (κ1) is 11.2. The van der Waals surface area contributed by atoms with E-state index in [1.54, 1.807) is 6.07 Å². The molecule has 1 aromatic rings. The summed E-state index contributed by atoms with van der Waals surface area (Å²) in [6.07, 6.45) is 0. The van der Waals surface area contributed by atoms with Crippen molar-refractivity contribution in [2.45, 2.75) is 6.92 Å². The third-order valence-corrected chi connectivity index (χ3v) is 3.91. The van der Waals surface area contributed by atoms with E-state index in [4.69, 9.17) is 27.9 Å². The average Bonchev–Trinajstić information content (AvgIpc) is 2.05. The van der Waals surface area contributed by atoms with Gasteiger partial charge in [-0.2, -0.15) is 0 Å². The summed E-state index contributed by atoms with van der Waals surface area (Å²) in [7, 11) is 0. The molecule has 5 heteroatoms. The summed E-state index contributed by atoms with van der Waals surface area (Å²) in [6, 6.07) is 3.49. The third-order valence-electron chi connectivity index (χ3n) is 1.32. The number of carbonyl (C=O) groups is 1. The van der Waals surface area contributed by atoms with Gasteiger partial charge in [-0.3, -0.25) is 0 Å². The molecule has 1 rings (SSSR count).